The van der Waals surface area contributed by atoms with Crippen LogP contribution in [-0.2, 0) is 23.9 Å². The van der Waals surface area contributed by atoms with Crippen molar-refractivity contribution in [2.45, 2.75) is 184 Å². The van der Waals surface area contributed by atoms with E-state index in [1.165, 1.54) is 95.7 Å². The van der Waals surface area contributed by atoms with Gasteiger partial charge < -0.3 is 44.7 Å². The number of ether oxygens (including phenoxy) is 3. The zero-order valence-electron chi connectivity index (χ0n) is 53.3. The molecule has 466 valence electrons. The first-order chi connectivity index (χ1) is 41.0. The highest BCUT2D eigenvalue weighted by atomic mass is 19.1. The number of unbranched alkanes of at least 4 members (excludes halogenated alkanes) is 1. The number of carbonyl (C=O) groups excluding carboxylic acids is 3. The quantitative estimate of drug-likeness (QED) is 0.0382. The third-order valence-electron chi connectivity index (χ3n) is 16.7. The minimum absolute atomic E-state index is 0.0551. The van der Waals surface area contributed by atoms with Crippen molar-refractivity contribution < 1.29 is 38.1 Å². The Morgan fingerprint density at radius 1 is 0.918 bits per heavy atom. The van der Waals surface area contributed by atoms with Crippen LogP contribution in [0.3, 0.4) is 0 Å². The number of benzene rings is 3. The second kappa shape index (κ2) is 36.6. The third-order valence-corrected chi connectivity index (χ3v) is 16.7. The maximum Gasteiger partial charge on any atom is 0.318 e. The Labute approximate surface area is 508 Å². The van der Waals surface area contributed by atoms with Gasteiger partial charge in [-0.3, -0.25) is 19.4 Å². The minimum atomic E-state index is -0.415. The predicted molar refractivity (Wildman–Crippen MR) is 345 cm³/mol. The van der Waals surface area contributed by atoms with Gasteiger partial charge in [0.15, 0.2) is 0 Å². The van der Waals surface area contributed by atoms with Gasteiger partial charge in [-0.1, -0.05) is 116 Å². The molecule has 85 heavy (non-hydrogen) atoms. The van der Waals surface area contributed by atoms with Gasteiger partial charge in [0.05, 0.1) is 35.4 Å². The SMILES string of the molecule is C#Cc1c(F)ccc2cccc(-c3ncc4c(N5CCCC(C)C5)nc(OC)nc4c3C)c12.CC(=O)OCC1CCCCCCN1.CCCC(C)CCC(=O)NCO.CCCCC(CC)OCC1CCN(c2ccc(C)c(N(C)C(C)=O)c2)CC1. The largest absolute Gasteiger partial charge is 0.467 e. The molecule has 3 aliphatic rings. The third kappa shape index (κ3) is 21.5. The first-order valence-electron chi connectivity index (χ1n) is 31.6. The number of carbonyl (C=O) groups is 3. The maximum absolute atomic E-state index is 14.6. The Kier molecular flexibility index (Phi) is 29.8. The fourth-order valence-electron chi connectivity index (χ4n) is 11.5. The Morgan fingerprint density at radius 2 is 1.68 bits per heavy atom. The molecule has 3 saturated heterocycles. The molecular formula is C69H101FN8O7. The van der Waals surface area contributed by atoms with Crippen LogP contribution in [0.2, 0.25) is 0 Å². The van der Waals surface area contributed by atoms with Gasteiger partial charge in [-0.25, -0.2) is 4.39 Å². The summed E-state index contributed by atoms with van der Waals surface area (Å²) in [5.41, 5.74) is 6.75. The zero-order valence-corrected chi connectivity index (χ0v) is 53.3. The molecule has 5 aromatic rings. The average Bonchev–Trinajstić information content (AvgIpc) is 1.61. The number of methoxy groups -OCH3 is 1. The smallest absolute Gasteiger partial charge is 0.318 e. The molecule has 0 bridgehead atoms. The summed E-state index contributed by atoms with van der Waals surface area (Å²) < 4.78 is 31.2. The number of piperidine rings is 2. The van der Waals surface area contributed by atoms with Gasteiger partial charge >= 0.3 is 12.0 Å². The van der Waals surface area contributed by atoms with E-state index < -0.39 is 5.82 Å². The van der Waals surface area contributed by atoms with Gasteiger partial charge in [-0.05, 0) is 125 Å². The van der Waals surface area contributed by atoms with Gasteiger partial charge in [-0.15, -0.1) is 6.42 Å². The van der Waals surface area contributed by atoms with Crippen molar-refractivity contribution in [1.29, 1.82) is 0 Å². The number of rotatable bonds is 20. The number of pyridine rings is 1. The van der Waals surface area contributed by atoms with E-state index in [1.807, 2.05) is 38.4 Å². The molecular weight excluding hydrogens is 1070 g/mol. The molecule has 5 heterocycles. The second-order valence-corrected chi connectivity index (χ2v) is 23.5. The van der Waals surface area contributed by atoms with Gasteiger partial charge in [-0.2, -0.15) is 9.97 Å². The summed E-state index contributed by atoms with van der Waals surface area (Å²) in [4.78, 5) is 53.9. The molecule has 0 radical (unpaired) electrons. The van der Waals surface area contributed by atoms with Crippen molar-refractivity contribution >= 4 is 56.7 Å². The average molecular weight is 1170 g/mol. The Balaban J connectivity index is 0.000000226. The summed E-state index contributed by atoms with van der Waals surface area (Å²) in [5, 5.41) is 16.6. The Morgan fingerprint density at radius 3 is 2.35 bits per heavy atom. The van der Waals surface area contributed by atoms with Gasteiger partial charge in [0, 0.05) is 100 Å². The summed E-state index contributed by atoms with van der Waals surface area (Å²) in [6.45, 7) is 24.4. The molecule has 3 fully saturated rings. The van der Waals surface area contributed by atoms with Crippen LogP contribution in [0.4, 0.5) is 21.6 Å². The normalized spacial score (nSPS) is 17.0. The van der Waals surface area contributed by atoms with Crippen LogP contribution in [0.5, 0.6) is 6.01 Å². The molecule has 3 aliphatic heterocycles. The number of esters is 1. The van der Waals surface area contributed by atoms with Crippen LogP contribution in [0.15, 0.2) is 54.7 Å². The number of aliphatic hydroxyl groups excluding tert-OH is 1. The van der Waals surface area contributed by atoms with E-state index in [0.29, 0.717) is 60.0 Å². The first kappa shape index (κ1) is 69.4. The molecule has 0 saturated carbocycles. The molecule has 4 unspecified atom stereocenters. The molecule has 2 amide bonds. The van der Waals surface area contributed by atoms with Gasteiger partial charge in [0.25, 0.3) is 0 Å². The summed E-state index contributed by atoms with van der Waals surface area (Å²) in [7, 11) is 3.43. The summed E-state index contributed by atoms with van der Waals surface area (Å²) in [6, 6.07) is 16.1. The van der Waals surface area contributed by atoms with Crippen LogP contribution >= 0.6 is 0 Å². The molecule has 0 aliphatic carbocycles. The van der Waals surface area contributed by atoms with Crippen molar-refractivity contribution in [3.63, 3.8) is 0 Å². The molecule has 16 heteroatoms. The van der Waals surface area contributed by atoms with Crippen molar-refractivity contribution in [2.24, 2.45) is 17.8 Å². The van der Waals surface area contributed by atoms with Crippen LogP contribution in [0, 0.1) is 49.8 Å². The van der Waals surface area contributed by atoms with Crippen molar-refractivity contribution in [3.05, 3.63) is 77.2 Å². The highest BCUT2D eigenvalue weighted by Crippen LogP contribution is 2.38. The molecule has 4 atom stereocenters. The number of halogens is 1. The second-order valence-electron chi connectivity index (χ2n) is 23.5. The number of aromatic nitrogens is 3. The summed E-state index contributed by atoms with van der Waals surface area (Å²) >= 11 is 0. The van der Waals surface area contributed by atoms with Crippen molar-refractivity contribution in [1.82, 2.24) is 25.6 Å². The van der Waals surface area contributed by atoms with E-state index in [4.69, 9.17) is 30.7 Å². The lowest BCUT2D eigenvalue weighted by Gasteiger charge is -2.34. The van der Waals surface area contributed by atoms with E-state index in [9.17, 15) is 18.8 Å². The number of amides is 2. The molecule has 15 nitrogen and oxygen atoms in total. The fraction of sp³-hybridized carbons (Fsp3) is 0.594. The number of anilines is 3. The minimum Gasteiger partial charge on any atom is -0.467 e. The van der Waals surface area contributed by atoms with Crippen LogP contribution in [-0.4, -0.2) is 117 Å². The highest BCUT2D eigenvalue weighted by molar-refractivity contribution is 6.03. The number of nitrogens with zero attached hydrogens (tertiary/aromatic N) is 6. The standard InChI is InChI=1S/C27H25FN4O.C23H38N2O2.C10H19NO2.C9H19NO2/c1-5-19-22(28)12-11-18-9-6-10-20(23(18)19)24-17(3)25-21(14-29-24)26(31-27(30-25)33-4)32-13-7-8-16(2)15-32;1-6-8-9-22(7-2)27-17-20-12-14-25(15-13-20)21-11-10-18(3)23(16-21)24(5)19(4)26;1-9(12)13-8-10-6-4-2-3-5-7-11-10;1-3-4-8(2)5-6-9(12)10-7-11/h1,6,9-12,14,16H,7-8,13,15H2,2-4H3;10-11,16,20,22H,6-9,12-15,17H2,1-5H3;10-11H,2-8H2,1H3;8,11H,3-7H2,1-2H3,(H,10,12). The zero-order chi connectivity index (χ0) is 61.8. The Bertz CT molecular complexity index is 2920. The number of hydrogen-bond donors (Lipinski definition) is 3. The van der Waals surface area contributed by atoms with E-state index in [1.54, 1.807) is 25.0 Å². The summed E-state index contributed by atoms with van der Waals surface area (Å²) in [5.74, 6) is 4.66. The molecule has 8 rings (SSSR count). The number of hydrogen-bond acceptors (Lipinski definition) is 13. The maximum atomic E-state index is 14.6. The monoisotopic (exact) mass is 1170 g/mol. The van der Waals surface area contributed by atoms with E-state index in [0.717, 1.165) is 109 Å². The van der Waals surface area contributed by atoms with E-state index in [-0.39, 0.29) is 30.1 Å². The van der Waals surface area contributed by atoms with Crippen molar-refractivity contribution in [2.75, 3.05) is 81.5 Å². The lowest BCUT2D eigenvalue weighted by molar-refractivity contribution is -0.141. The van der Waals surface area contributed by atoms with Crippen LogP contribution < -0.4 is 30.1 Å². The predicted octanol–water partition coefficient (Wildman–Crippen LogP) is 13.4. The molecule has 0 spiro atoms. The number of fused-ring (bicyclic) bond motifs is 2. The molecule has 3 N–H and O–H groups in total. The van der Waals surface area contributed by atoms with Gasteiger partial charge in [0.2, 0.25) is 11.8 Å². The first-order valence-corrected chi connectivity index (χ1v) is 31.6. The van der Waals surface area contributed by atoms with Crippen molar-refractivity contribution in [3.8, 4) is 29.6 Å². The number of aryl methyl sites for hydroxylation is 2. The summed E-state index contributed by atoms with van der Waals surface area (Å²) in [6.07, 6.45) is 27.5. The number of nitrogens with one attached hydrogen (secondary N) is 2. The van der Waals surface area contributed by atoms with Crippen LogP contribution in [0.1, 0.15) is 174 Å². The van der Waals surface area contributed by atoms with E-state index >= 15 is 0 Å². The van der Waals surface area contributed by atoms with E-state index in [2.05, 4.69) is 96.1 Å². The topological polar surface area (TPSA) is 172 Å². The lowest BCUT2D eigenvalue weighted by Crippen LogP contribution is -2.36. The van der Waals surface area contributed by atoms with Crippen LogP contribution in [0.25, 0.3) is 32.9 Å². The lowest BCUT2D eigenvalue weighted by atomic mass is 9.94. The highest BCUT2D eigenvalue weighted by Gasteiger charge is 2.25. The molecule has 3 aromatic carbocycles. The number of aliphatic hydroxyl groups is 1. The number of terminal acetylenes is 1. The molecule has 2 aromatic heterocycles. The fourth-order valence-corrected chi connectivity index (χ4v) is 11.5. The Hall–Kier alpha value is -6.41. The van der Waals surface area contributed by atoms with Gasteiger partial charge in [0.1, 0.15) is 25.0 Å².